The Kier molecular flexibility index (Phi) is 6.33. The Balaban J connectivity index is 2.57. The summed E-state index contributed by atoms with van der Waals surface area (Å²) in [7, 11) is 0. The van der Waals surface area contributed by atoms with Crippen LogP contribution in [0, 0.1) is 0 Å². The van der Waals surface area contributed by atoms with Crippen molar-refractivity contribution in [2.45, 2.75) is 19.8 Å². The normalized spacial score (nSPS) is 10.4. The molecule has 0 spiro atoms. The highest BCUT2D eigenvalue weighted by atomic mass is 35.5. The van der Waals surface area contributed by atoms with Gasteiger partial charge in [-0.25, -0.2) is 0 Å². The van der Waals surface area contributed by atoms with Gasteiger partial charge in [0.15, 0.2) is 5.78 Å². The topological polar surface area (TPSA) is 43.4 Å². The summed E-state index contributed by atoms with van der Waals surface area (Å²) in [4.78, 5) is 23.3. The molecule has 3 nitrogen and oxygen atoms in total. The molecule has 18 heavy (non-hydrogen) atoms. The lowest BCUT2D eigenvalue weighted by Crippen LogP contribution is -2.11. The van der Waals surface area contributed by atoms with Crippen molar-refractivity contribution in [3.05, 3.63) is 33.8 Å². The van der Waals surface area contributed by atoms with Gasteiger partial charge >= 0.3 is 0 Å². The smallest absolute Gasteiger partial charge is 0.171 e. The van der Waals surface area contributed by atoms with E-state index in [1.807, 2.05) is 6.92 Å². The second-order valence-corrected chi connectivity index (χ2v) is 4.55. The van der Waals surface area contributed by atoms with E-state index in [0.717, 1.165) is 0 Å². The van der Waals surface area contributed by atoms with Gasteiger partial charge in [-0.15, -0.1) is 0 Å². The zero-order chi connectivity index (χ0) is 13.5. The van der Waals surface area contributed by atoms with Crippen molar-refractivity contribution >= 4 is 34.8 Å². The molecule has 0 bridgehead atoms. The summed E-state index contributed by atoms with van der Waals surface area (Å²) in [6, 6.07) is 4.59. The second-order valence-electron chi connectivity index (χ2n) is 3.71. The number of carbonyl (C=O) groups excluding carboxylic acids is 2. The molecule has 0 atom stereocenters. The molecule has 0 aliphatic rings. The lowest BCUT2D eigenvalue weighted by atomic mass is 10.0. The first-order valence-corrected chi connectivity index (χ1v) is 6.38. The first-order valence-electron chi connectivity index (χ1n) is 5.62. The van der Waals surface area contributed by atoms with Crippen molar-refractivity contribution in [2.24, 2.45) is 0 Å². The molecule has 1 rings (SSSR count). The SMILES string of the molecule is CCOCCC(=O)CC(=O)c1ccc(Cl)cc1Cl. The standard InChI is InChI=1S/C13H14Cl2O3/c1-2-18-6-5-10(16)8-13(17)11-4-3-9(14)7-12(11)15/h3-4,7H,2,5-6,8H2,1H3. The highest BCUT2D eigenvalue weighted by Crippen LogP contribution is 2.22. The molecule has 0 heterocycles. The first kappa shape index (κ1) is 15.2. The molecule has 0 unspecified atom stereocenters. The van der Waals surface area contributed by atoms with Gasteiger partial charge in [0.2, 0.25) is 0 Å². The minimum Gasteiger partial charge on any atom is -0.381 e. The molecule has 0 saturated heterocycles. The van der Waals surface area contributed by atoms with Gasteiger partial charge in [0.05, 0.1) is 18.1 Å². The molecule has 1 aromatic carbocycles. The van der Waals surface area contributed by atoms with Gasteiger partial charge in [0, 0.05) is 23.6 Å². The van der Waals surface area contributed by atoms with Crippen molar-refractivity contribution in [2.75, 3.05) is 13.2 Å². The van der Waals surface area contributed by atoms with Gasteiger partial charge < -0.3 is 4.74 Å². The molecule has 0 saturated carbocycles. The van der Waals surface area contributed by atoms with E-state index in [1.54, 1.807) is 6.07 Å². The van der Waals surface area contributed by atoms with Crippen LogP contribution in [-0.2, 0) is 9.53 Å². The Morgan fingerprint density at radius 1 is 1.28 bits per heavy atom. The molecular formula is C13H14Cl2O3. The van der Waals surface area contributed by atoms with Gasteiger partial charge in [0.25, 0.3) is 0 Å². The van der Waals surface area contributed by atoms with Crippen LogP contribution in [0.1, 0.15) is 30.1 Å². The number of ketones is 2. The number of rotatable bonds is 7. The van der Waals surface area contributed by atoms with E-state index < -0.39 is 0 Å². The van der Waals surface area contributed by atoms with E-state index in [9.17, 15) is 9.59 Å². The molecule has 98 valence electrons. The van der Waals surface area contributed by atoms with Crippen LogP contribution in [0.25, 0.3) is 0 Å². The Morgan fingerprint density at radius 2 is 2.00 bits per heavy atom. The summed E-state index contributed by atoms with van der Waals surface area (Å²) < 4.78 is 5.06. The van der Waals surface area contributed by atoms with Crippen LogP contribution < -0.4 is 0 Å². The molecule has 0 aromatic heterocycles. The summed E-state index contributed by atoms with van der Waals surface area (Å²) in [6.45, 7) is 2.75. The maximum Gasteiger partial charge on any atom is 0.171 e. The molecular weight excluding hydrogens is 275 g/mol. The first-order chi connectivity index (χ1) is 8.54. The Labute approximate surface area is 116 Å². The summed E-state index contributed by atoms with van der Waals surface area (Å²) in [6.07, 6.45) is 0.0826. The minimum absolute atomic E-state index is 0.153. The molecule has 5 heteroatoms. The highest BCUT2D eigenvalue weighted by molar-refractivity contribution is 6.37. The fourth-order valence-electron chi connectivity index (χ4n) is 1.41. The van der Waals surface area contributed by atoms with Crippen LogP contribution >= 0.6 is 23.2 Å². The third-order valence-corrected chi connectivity index (χ3v) is 2.87. The molecule has 0 aliphatic carbocycles. The third-order valence-electron chi connectivity index (χ3n) is 2.32. The fourth-order valence-corrected chi connectivity index (χ4v) is 1.92. The van der Waals surface area contributed by atoms with Crippen molar-refractivity contribution in [1.82, 2.24) is 0 Å². The molecule has 0 aliphatic heterocycles. The molecule has 1 aromatic rings. The van der Waals surface area contributed by atoms with E-state index >= 15 is 0 Å². The number of halogens is 2. The van der Waals surface area contributed by atoms with E-state index in [0.29, 0.717) is 23.8 Å². The largest absolute Gasteiger partial charge is 0.381 e. The number of carbonyl (C=O) groups is 2. The van der Waals surface area contributed by atoms with Crippen LogP contribution in [0.4, 0.5) is 0 Å². The average molecular weight is 289 g/mol. The Hall–Kier alpha value is -0.900. The number of ether oxygens (including phenoxy) is 1. The lowest BCUT2D eigenvalue weighted by molar-refractivity contribution is -0.119. The van der Waals surface area contributed by atoms with Crippen LogP contribution in [0.3, 0.4) is 0 Å². The van der Waals surface area contributed by atoms with Gasteiger partial charge in [0.1, 0.15) is 5.78 Å². The zero-order valence-electron chi connectivity index (χ0n) is 10.0. The maximum atomic E-state index is 11.8. The summed E-state index contributed by atoms with van der Waals surface area (Å²) in [5.41, 5.74) is 0.325. The highest BCUT2D eigenvalue weighted by Gasteiger charge is 2.14. The predicted molar refractivity (Wildman–Crippen MR) is 71.5 cm³/mol. The van der Waals surface area contributed by atoms with Crippen LogP contribution in [0.5, 0.6) is 0 Å². The molecule has 0 radical (unpaired) electrons. The minimum atomic E-state index is -0.293. The van der Waals surface area contributed by atoms with Crippen molar-refractivity contribution in [3.8, 4) is 0 Å². The third kappa shape index (κ3) is 4.77. The van der Waals surface area contributed by atoms with Crippen molar-refractivity contribution in [1.29, 1.82) is 0 Å². The number of benzene rings is 1. The van der Waals surface area contributed by atoms with Crippen LogP contribution in [0.15, 0.2) is 18.2 Å². The van der Waals surface area contributed by atoms with Gasteiger partial charge in [-0.05, 0) is 25.1 Å². The monoisotopic (exact) mass is 288 g/mol. The van der Waals surface area contributed by atoms with Gasteiger partial charge in [-0.2, -0.15) is 0 Å². The van der Waals surface area contributed by atoms with E-state index in [-0.39, 0.29) is 29.4 Å². The van der Waals surface area contributed by atoms with Gasteiger partial charge in [-0.3, -0.25) is 9.59 Å². The summed E-state index contributed by atoms with van der Waals surface area (Å²) >= 11 is 11.6. The Bertz CT molecular complexity index is 444. The van der Waals surface area contributed by atoms with Crippen LogP contribution in [0.2, 0.25) is 10.0 Å². The second kappa shape index (κ2) is 7.52. The zero-order valence-corrected chi connectivity index (χ0v) is 11.6. The fraction of sp³-hybridized carbons (Fsp3) is 0.385. The molecule has 0 fully saturated rings. The molecule has 0 amide bonds. The summed E-state index contributed by atoms with van der Waals surface area (Å²) in [5, 5.41) is 0.726. The Morgan fingerprint density at radius 3 is 2.61 bits per heavy atom. The van der Waals surface area contributed by atoms with Crippen LogP contribution in [-0.4, -0.2) is 24.8 Å². The number of Topliss-reactive ketones (excluding diaryl/α,β-unsaturated/α-hetero) is 2. The predicted octanol–water partition coefficient (Wildman–Crippen LogP) is 3.56. The van der Waals surface area contributed by atoms with E-state index in [2.05, 4.69) is 0 Å². The summed E-state index contributed by atoms with van der Waals surface area (Å²) in [5.74, 6) is -0.447. The van der Waals surface area contributed by atoms with Crippen molar-refractivity contribution in [3.63, 3.8) is 0 Å². The van der Waals surface area contributed by atoms with Gasteiger partial charge in [-0.1, -0.05) is 23.2 Å². The van der Waals surface area contributed by atoms with E-state index in [1.165, 1.54) is 12.1 Å². The van der Waals surface area contributed by atoms with E-state index in [4.69, 9.17) is 27.9 Å². The lowest BCUT2D eigenvalue weighted by Gasteiger charge is -2.04. The maximum absolute atomic E-state index is 11.8. The van der Waals surface area contributed by atoms with Crippen molar-refractivity contribution < 1.29 is 14.3 Å². The quantitative estimate of drug-likeness (QED) is 0.438. The average Bonchev–Trinajstić information content (AvgIpc) is 2.28. The number of hydrogen-bond donors (Lipinski definition) is 0. The molecule has 0 N–H and O–H groups in total. The number of hydrogen-bond acceptors (Lipinski definition) is 3.